The predicted molar refractivity (Wildman–Crippen MR) is 107 cm³/mol. The third-order valence-corrected chi connectivity index (χ3v) is 5.26. The second kappa shape index (κ2) is 6.82. The number of halogens is 1. The fraction of sp³-hybridized carbons (Fsp3) is 0.0526. The number of rotatable bonds is 4. The van der Waals surface area contributed by atoms with Gasteiger partial charge in [-0.05, 0) is 48.9 Å². The van der Waals surface area contributed by atoms with Gasteiger partial charge in [0.25, 0.3) is 0 Å². The Kier molecular flexibility index (Phi) is 4.38. The number of fused-ring (bicyclic) bond motifs is 1. The van der Waals surface area contributed by atoms with Crippen molar-refractivity contribution in [2.75, 3.05) is 5.43 Å². The average molecular weight is 412 g/mol. The first kappa shape index (κ1) is 16.1. The zero-order valence-corrected chi connectivity index (χ0v) is 15.8. The van der Waals surface area contributed by atoms with Gasteiger partial charge in [0, 0.05) is 10.0 Å². The summed E-state index contributed by atoms with van der Waals surface area (Å²) in [6.45, 7) is 2.06. The summed E-state index contributed by atoms with van der Waals surface area (Å²) in [5.74, 6) is 1.48. The molecule has 0 radical (unpaired) electrons. The van der Waals surface area contributed by atoms with Gasteiger partial charge in [0.2, 0.25) is 5.13 Å². The fourth-order valence-electron chi connectivity index (χ4n) is 2.46. The summed E-state index contributed by atoms with van der Waals surface area (Å²) in [6.07, 6.45) is 1.65. The second-order valence-corrected chi connectivity index (χ2v) is 7.43. The standard InChI is InChI=1S/C19H14BrN3OS/c1-12-6-8-14(15(20)10-12)17-9-7-13(24-17)11-21-23-19-22-16-4-2-3-5-18(16)25-19/h2-11H,1H3,(H,22,23)/b21-11-. The number of hydrogen-bond acceptors (Lipinski definition) is 5. The first-order valence-electron chi connectivity index (χ1n) is 7.70. The van der Waals surface area contributed by atoms with E-state index in [0.29, 0.717) is 5.76 Å². The summed E-state index contributed by atoms with van der Waals surface area (Å²) in [4.78, 5) is 4.47. The van der Waals surface area contributed by atoms with Crippen molar-refractivity contribution in [1.29, 1.82) is 0 Å². The predicted octanol–water partition coefficient (Wildman–Crippen LogP) is 6.07. The van der Waals surface area contributed by atoms with Crippen LogP contribution in [-0.4, -0.2) is 11.2 Å². The highest BCUT2D eigenvalue weighted by molar-refractivity contribution is 9.10. The van der Waals surface area contributed by atoms with E-state index in [-0.39, 0.29) is 0 Å². The smallest absolute Gasteiger partial charge is 0.204 e. The molecule has 0 aliphatic carbocycles. The lowest BCUT2D eigenvalue weighted by molar-refractivity contribution is 0.574. The summed E-state index contributed by atoms with van der Waals surface area (Å²) in [5.41, 5.74) is 6.14. The van der Waals surface area contributed by atoms with Crippen LogP contribution in [0.5, 0.6) is 0 Å². The topological polar surface area (TPSA) is 50.4 Å². The highest BCUT2D eigenvalue weighted by atomic mass is 79.9. The summed E-state index contributed by atoms with van der Waals surface area (Å²) in [7, 11) is 0. The Morgan fingerprint density at radius 3 is 2.88 bits per heavy atom. The Bertz CT molecular complexity index is 1030. The largest absolute Gasteiger partial charge is 0.455 e. The van der Waals surface area contributed by atoms with Crippen molar-refractivity contribution < 1.29 is 4.42 Å². The van der Waals surface area contributed by atoms with E-state index in [1.54, 1.807) is 17.6 Å². The van der Waals surface area contributed by atoms with Gasteiger partial charge in [-0.2, -0.15) is 5.10 Å². The van der Waals surface area contributed by atoms with E-state index < -0.39 is 0 Å². The van der Waals surface area contributed by atoms with Crippen molar-refractivity contribution in [3.05, 3.63) is 70.4 Å². The molecule has 4 rings (SSSR count). The number of furan rings is 1. The van der Waals surface area contributed by atoms with Crippen LogP contribution in [0.3, 0.4) is 0 Å². The van der Waals surface area contributed by atoms with Gasteiger partial charge in [0.15, 0.2) is 0 Å². The van der Waals surface area contributed by atoms with E-state index in [4.69, 9.17) is 4.42 Å². The SMILES string of the molecule is Cc1ccc(-c2ccc(/C=N\Nc3nc4ccccc4s3)o2)c(Br)c1. The number of aryl methyl sites for hydroxylation is 1. The molecule has 0 amide bonds. The van der Waals surface area contributed by atoms with Crippen molar-refractivity contribution in [1.82, 2.24) is 4.98 Å². The quantitative estimate of drug-likeness (QED) is 0.327. The van der Waals surface area contributed by atoms with Gasteiger partial charge in [-0.1, -0.05) is 45.5 Å². The molecule has 0 fully saturated rings. The molecular weight excluding hydrogens is 398 g/mol. The number of anilines is 1. The molecule has 124 valence electrons. The lowest BCUT2D eigenvalue weighted by atomic mass is 10.1. The minimum absolute atomic E-state index is 0.677. The monoisotopic (exact) mass is 411 g/mol. The molecule has 2 aromatic heterocycles. The normalized spacial score (nSPS) is 11.4. The first-order chi connectivity index (χ1) is 12.2. The maximum absolute atomic E-state index is 5.85. The van der Waals surface area contributed by atoms with Gasteiger partial charge in [-0.15, -0.1) is 0 Å². The molecule has 0 aliphatic rings. The number of nitrogens with one attached hydrogen (secondary N) is 1. The Balaban J connectivity index is 1.49. The number of hydrazone groups is 1. The van der Waals surface area contributed by atoms with Crippen LogP contribution in [0.1, 0.15) is 11.3 Å². The van der Waals surface area contributed by atoms with Crippen LogP contribution < -0.4 is 5.43 Å². The highest BCUT2D eigenvalue weighted by Gasteiger charge is 2.08. The molecule has 0 bridgehead atoms. The minimum atomic E-state index is 0.677. The van der Waals surface area contributed by atoms with Crippen molar-refractivity contribution in [2.24, 2.45) is 5.10 Å². The van der Waals surface area contributed by atoms with Crippen LogP contribution in [-0.2, 0) is 0 Å². The summed E-state index contributed by atoms with van der Waals surface area (Å²) in [5, 5.41) is 4.97. The third kappa shape index (κ3) is 3.50. The Morgan fingerprint density at radius 2 is 2.04 bits per heavy atom. The van der Waals surface area contributed by atoms with Crippen LogP contribution in [0.25, 0.3) is 21.5 Å². The zero-order chi connectivity index (χ0) is 17.2. The Hall–Kier alpha value is -2.44. The number of aromatic nitrogens is 1. The fourth-order valence-corrected chi connectivity index (χ4v) is 3.96. The molecule has 25 heavy (non-hydrogen) atoms. The number of hydrogen-bond donors (Lipinski definition) is 1. The van der Waals surface area contributed by atoms with Crippen LogP contribution in [0.2, 0.25) is 0 Å². The van der Waals surface area contributed by atoms with Gasteiger partial charge in [-0.3, -0.25) is 5.43 Å². The summed E-state index contributed by atoms with van der Waals surface area (Å²) in [6, 6.07) is 18.0. The minimum Gasteiger partial charge on any atom is -0.455 e. The first-order valence-corrected chi connectivity index (χ1v) is 9.31. The molecule has 6 heteroatoms. The maximum atomic E-state index is 5.85. The third-order valence-electron chi connectivity index (χ3n) is 3.66. The lowest BCUT2D eigenvalue weighted by Crippen LogP contribution is -1.88. The van der Waals surface area contributed by atoms with Gasteiger partial charge in [0.1, 0.15) is 11.5 Å². The molecule has 1 N–H and O–H groups in total. The number of benzene rings is 2. The molecule has 2 heterocycles. The van der Waals surface area contributed by atoms with Crippen molar-refractivity contribution in [2.45, 2.75) is 6.92 Å². The Labute approximate surface area is 157 Å². The van der Waals surface area contributed by atoms with Crippen LogP contribution >= 0.6 is 27.3 Å². The van der Waals surface area contributed by atoms with E-state index in [9.17, 15) is 0 Å². The maximum Gasteiger partial charge on any atom is 0.204 e. The van der Waals surface area contributed by atoms with Crippen molar-refractivity contribution in [3.8, 4) is 11.3 Å². The van der Waals surface area contributed by atoms with Crippen LogP contribution in [0.4, 0.5) is 5.13 Å². The second-order valence-electron chi connectivity index (χ2n) is 5.54. The van der Waals surface area contributed by atoms with Gasteiger partial charge < -0.3 is 4.42 Å². The summed E-state index contributed by atoms with van der Waals surface area (Å²) < 4.78 is 7.99. The van der Waals surface area contributed by atoms with Crippen molar-refractivity contribution >= 4 is 48.8 Å². The van der Waals surface area contributed by atoms with E-state index in [2.05, 4.69) is 50.5 Å². The molecule has 4 nitrogen and oxygen atoms in total. The molecule has 0 aliphatic heterocycles. The molecule has 2 aromatic carbocycles. The molecule has 0 spiro atoms. The van der Waals surface area contributed by atoms with E-state index in [1.165, 1.54) is 5.56 Å². The molecule has 0 saturated heterocycles. The van der Waals surface area contributed by atoms with E-state index in [1.807, 2.05) is 42.5 Å². The molecular formula is C19H14BrN3OS. The zero-order valence-electron chi connectivity index (χ0n) is 13.4. The van der Waals surface area contributed by atoms with Crippen LogP contribution in [0, 0.1) is 6.92 Å². The van der Waals surface area contributed by atoms with Crippen molar-refractivity contribution in [3.63, 3.8) is 0 Å². The number of thiazole rings is 1. The molecule has 0 atom stereocenters. The summed E-state index contributed by atoms with van der Waals surface area (Å²) >= 11 is 5.15. The molecule has 0 saturated carbocycles. The number of nitrogens with zero attached hydrogens (tertiary/aromatic N) is 2. The van der Waals surface area contributed by atoms with E-state index >= 15 is 0 Å². The molecule has 0 unspecified atom stereocenters. The van der Waals surface area contributed by atoms with Crippen LogP contribution in [0.15, 0.2) is 68.6 Å². The number of para-hydroxylation sites is 1. The van der Waals surface area contributed by atoms with E-state index in [0.717, 1.165) is 31.1 Å². The average Bonchev–Trinajstić information content (AvgIpc) is 3.21. The van der Waals surface area contributed by atoms with Gasteiger partial charge in [0.05, 0.1) is 16.4 Å². The Morgan fingerprint density at radius 1 is 1.16 bits per heavy atom. The molecule has 4 aromatic rings. The van der Waals surface area contributed by atoms with Gasteiger partial charge >= 0.3 is 0 Å². The lowest BCUT2D eigenvalue weighted by Gasteiger charge is -2.01. The highest BCUT2D eigenvalue weighted by Crippen LogP contribution is 2.30. The van der Waals surface area contributed by atoms with Gasteiger partial charge in [-0.25, -0.2) is 4.98 Å².